The highest BCUT2D eigenvalue weighted by Gasteiger charge is 2.15. The van der Waals surface area contributed by atoms with Crippen LogP contribution in [0.15, 0.2) is 72.9 Å². The normalized spacial score (nSPS) is 10.1. The number of ether oxygens (including phenoxy) is 1. The van der Waals surface area contributed by atoms with Gasteiger partial charge in [0.05, 0.1) is 18.4 Å². The molecule has 0 radical (unpaired) electrons. The van der Waals surface area contributed by atoms with Gasteiger partial charge < -0.3 is 15.0 Å². The van der Waals surface area contributed by atoms with E-state index in [1.165, 1.54) is 7.11 Å². The predicted molar refractivity (Wildman–Crippen MR) is 104 cm³/mol. The number of benzene rings is 2. The molecule has 1 N–H and O–H groups in total. The SMILES string of the molecule is COC(=O)c1ccccc1NC(=O)c1ccnc(N(C)c2ccccc2)c1. The Labute approximate surface area is 157 Å². The number of carbonyl (C=O) groups is 2. The molecular formula is C21H19N3O3. The zero-order chi connectivity index (χ0) is 19.2. The summed E-state index contributed by atoms with van der Waals surface area (Å²) >= 11 is 0. The van der Waals surface area contributed by atoms with Crippen LogP contribution in [0, 0.1) is 0 Å². The molecular weight excluding hydrogens is 342 g/mol. The molecule has 0 aliphatic rings. The van der Waals surface area contributed by atoms with Crippen LogP contribution in [-0.4, -0.2) is 31.0 Å². The van der Waals surface area contributed by atoms with E-state index >= 15 is 0 Å². The van der Waals surface area contributed by atoms with Gasteiger partial charge >= 0.3 is 5.97 Å². The van der Waals surface area contributed by atoms with Gasteiger partial charge in [0.1, 0.15) is 5.82 Å². The largest absolute Gasteiger partial charge is 0.465 e. The highest BCUT2D eigenvalue weighted by atomic mass is 16.5. The average molecular weight is 361 g/mol. The maximum absolute atomic E-state index is 12.7. The van der Waals surface area contributed by atoms with Gasteiger partial charge in [-0.3, -0.25) is 4.79 Å². The smallest absolute Gasteiger partial charge is 0.339 e. The first-order chi connectivity index (χ1) is 13.1. The lowest BCUT2D eigenvalue weighted by Crippen LogP contribution is -2.17. The average Bonchev–Trinajstić information content (AvgIpc) is 2.73. The molecule has 0 atom stereocenters. The van der Waals surface area contributed by atoms with Crippen molar-refractivity contribution >= 4 is 29.1 Å². The number of aromatic nitrogens is 1. The third-order valence-corrected chi connectivity index (χ3v) is 4.08. The van der Waals surface area contributed by atoms with Crippen LogP contribution in [-0.2, 0) is 4.74 Å². The van der Waals surface area contributed by atoms with Crippen molar-refractivity contribution in [1.82, 2.24) is 4.98 Å². The van der Waals surface area contributed by atoms with Gasteiger partial charge in [-0.25, -0.2) is 9.78 Å². The van der Waals surface area contributed by atoms with Gasteiger partial charge in [-0.05, 0) is 36.4 Å². The second kappa shape index (κ2) is 8.14. The fourth-order valence-corrected chi connectivity index (χ4v) is 2.60. The number of rotatable bonds is 5. The van der Waals surface area contributed by atoms with Gasteiger partial charge in [-0.15, -0.1) is 0 Å². The first-order valence-corrected chi connectivity index (χ1v) is 8.33. The zero-order valence-electron chi connectivity index (χ0n) is 15.0. The van der Waals surface area contributed by atoms with E-state index in [0.29, 0.717) is 22.6 Å². The second-order valence-electron chi connectivity index (χ2n) is 5.79. The van der Waals surface area contributed by atoms with E-state index in [1.54, 1.807) is 42.6 Å². The summed E-state index contributed by atoms with van der Waals surface area (Å²) in [5.41, 5.74) is 2.08. The molecule has 6 nitrogen and oxygen atoms in total. The summed E-state index contributed by atoms with van der Waals surface area (Å²) < 4.78 is 4.76. The number of hydrogen-bond donors (Lipinski definition) is 1. The third-order valence-electron chi connectivity index (χ3n) is 4.08. The molecule has 27 heavy (non-hydrogen) atoms. The molecule has 0 saturated carbocycles. The fraction of sp³-hybridized carbons (Fsp3) is 0.0952. The van der Waals surface area contributed by atoms with Crippen LogP contribution in [0.5, 0.6) is 0 Å². The molecule has 136 valence electrons. The number of nitrogens with one attached hydrogen (secondary N) is 1. The van der Waals surface area contributed by atoms with E-state index in [1.807, 2.05) is 42.3 Å². The Kier molecular flexibility index (Phi) is 5.47. The van der Waals surface area contributed by atoms with Crippen LogP contribution in [0.2, 0.25) is 0 Å². The van der Waals surface area contributed by atoms with E-state index in [2.05, 4.69) is 10.3 Å². The van der Waals surface area contributed by atoms with E-state index in [-0.39, 0.29) is 5.91 Å². The number of carbonyl (C=O) groups excluding carboxylic acids is 2. The number of methoxy groups -OCH3 is 1. The topological polar surface area (TPSA) is 71.5 Å². The van der Waals surface area contributed by atoms with Crippen molar-refractivity contribution in [3.8, 4) is 0 Å². The number of anilines is 3. The third kappa shape index (κ3) is 4.12. The van der Waals surface area contributed by atoms with Crippen molar-refractivity contribution in [1.29, 1.82) is 0 Å². The summed E-state index contributed by atoms with van der Waals surface area (Å²) in [7, 11) is 3.18. The van der Waals surface area contributed by atoms with Crippen molar-refractivity contribution in [2.45, 2.75) is 0 Å². The molecule has 0 aliphatic heterocycles. The molecule has 0 aliphatic carbocycles. The number of hydrogen-bond acceptors (Lipinski definition) is 5. The van der Waals surface area contributed by atoms with Crippen LogP contribution < -0.4 is 10.2 Å². The minimum Gasteiger partial charge on any atom is -0.465 e. The monoisotopic (exact) mass is 361 g/mol. The Morgan fingerprint density at radius 3 is 2.44 bits per heavy atom. The Bertz CT molecular complexity index is 958. The first-order valence-electron chi connectivity index (χ1n) is 8.33. The van der Waals surface area contributed by atoms with Crippen LogP contribution in [0.4, 0.5) is 17.2 Å². The molecule has 6 heteroatoms. The molecule has 0 spiro atoms. The van der Waals surface area contributed by atoms with Crippen molar-refractivity contribution < 1.29 is 14.3 Å². The Hall–Kier alpha value is -3.67. The number of pyridine rings is 1. The minimum atomic E-state index is -0.509. The minimum absolute atomic E-state index is 0.295. The van der Waals surface area contributed by atoms with Crippen molar-refractivity contribution in [2.75, 3.05) is 24.4 Å². The van der Waals surface area contributed by atoms with E-state index in [0.717, 1.165) is 5.69 Å². The van der Waals surface area contributed by atoms with E-state index in [9.17, 15) is 9.59 Å². The van der Waals surface area contributed by atoms with Crippen molar-refractivity contribution in [3.63, 3.8) is 0 Å². The summed E-state index contributed by atoms with van der Waals surface area (Å²) in [6, 6.07) is 19.8. The highest BCUT2D eigenvalue weighted by molar-refractivity contribution is 6.08. The van der Waals surface area contributed by atoms with Crippen molar-refractivity contribution in [3.05, 3.63) is 84.1 Å². The van der Waals surface area contributed by atoms with Gasteiger partial charge in [0, 0.05) is 24.5 Å². The highest BCUT2D eigenvalue weighted by Crippen LogP contribution is 2.22. The van der Waals surface area contributed by atoms with Crippen LogP contribution >= 0.6 is 0 Å². The lowest BCUT2D eigenvalue weighted by atomic mass is 10.1. The number of nitrogens with zero attached hydrogens (tertiary/aromatic N) is 2. The zero-order valence-corrected chi connectivity index (χ0v) is 15.0. The van der Waals surface area contributed by atoms with Crippen molar-refractivity contribution in [2.24, 2.45) is 0 Å². The summed E-state index contributed by atoms with van der Waals surface area (Å²) in [6.45, 7) is 0. The molecule has 0 bridgehead atoms. The van der Waals surface area contributed by atoms with E-state index < -0.39 is 5.97 Å². The Morgan fingerprint density at radius 1 is 1.00 bits per heavy atom. The maximum atomic E-state index is 12.7. The lowest BCUT2D eigenvalue weighted by molar-refractivity contribution is 0.0602. The van der Waals surface area contributed by atoms with Crippen LogP contribution in [0.25, 0.3) is 0 Å². The quantitative estimate of drug-likeness (QED) is 0.698. The van der Waals surface area contributed by atoms with Gasteiger partial charge in [0.2, 0.25) is 0 Å². The fourth-order valence-electron chi connectivity index (χ4n) is 2.60. The van der Waals surface area contributed by atoms with E-state index in [4.69, 9.17) is 4.74 Å². The predicted octanol–water partition coefficient (Wildman–Crippen LogP) is 3.89. The number of amides is 1. The molecule has 0 unspecified atom stereocenters. The number of para-hydroxylation sites is 2. The number of esters is 1. The summed E-state index contributed by atoms with van der Waals surface area (Å²) in [5, 5.41) is 2.76. The van der Waals surface area contributed by atoms with Crippen LogP contribution in [0.3, 0.4) is 0 Å². The Morgan fingerprint density at radius 2 is 1.70 bits per heavy atom. The molecule has 2 aromatic carbocycles. The summed E-state index contributed by atoms with van der Waals surface area (Å²) in [4.78, 5) is 30.8. The molecule has 3 aromatic rings. The molecule has 1 heterocycles. The summed E-state index contributed by atoms with van der Waals surface area (Å²) in [5.74, 6) is -0.211. The van der Waals surface area contributed by atoms with Gasteiger partial charge in [0.15, 0.2) is 0 Å². The van der Waals surface area contributed by atoms with Gasteiger partial charge in [-0.2, -0.15) is 0 Å². The Balaban J connectivity index is 1.84. The molecule has 1 amide bonds. The summed E-state index contributed by atoms with van der Waals surface area (Å²) in [6.07, 6.45) is 1.58. The first kappa shape index (κ1) is 18.1. The molecule has 0 saturated heterocycles. The second-order valence-corrected chi connectivity index (χ2v) is 5.79. The van der Waals surface area contributed by atoms with Gasteiger partial charge in [0.25, 0.3) is 5.91 Å². The van der Waals surface area contributed by atoms with Crippen LogP contribution in [0.1, 0.15) is 20.7 Å². The molecule has 1 aromatic heterocycles. The molecule has 0 fully saturated rings. The standard InChI is InChI=1S/C21H19N3O3/c1-24(16-8-4-3-5-9-16)19-14-15(12-13-22-19)20(25)23-18-11-7-6-10-17(18)21(26)27-2/h3-14H,1-2H3,(H,23,25). The van der Waals surface area contributed by atoms with Gasteiger partial charge in [-0.1, -0.05) is 30.3 Å². The molecule has 3 rings (SSSR count). The lowest BCUT2D eigenvalue weighted by Gasteiger charge is -2.18. The maximum Gasteiger partial charge on any atom is 0.339 e.